The van der Waals surface area contributed by atoms with E-state index in [1.165, 1.54) is 0 Å². The molecule has 1 aromatic carbocycles. The third-order valence-corrected chi connectivity index (χ3v) is 4.60. The molecule has 0 saturated carbocycles. The molecule has 7 nitrogen and oxygen atoms in total. The highest BCUT2D eigenvalue weighted by Gasteiger charge is 2.25. The summed E-state index contributed by atoms with van der Waals surface area (Å²) in [6.07, 6.45) is 0.758. The second-order valence-electron chi connectivity index (χ2n) is 7.49. The maximum Gasteiger partial charge on any atom is 0.408 e. The summed E-state index contributed by atoms with van der Waals surface area (Å²) in [5.41, 5.74) is 0.0108. The molecule has 1 heterocycles. The Balaban J connectivity index is 1.73. The first kappa shape index (κ1) is 21.2. The maximum absolute atomic E-state index is 12.3. The highest BCUT2D eigenvalue weighted by atomic mass is 79.9. The van der Waals surface area contributed by atoms with Gasteiger partial charge in [-0.05, 0) is 57.9 Å². The summed E-state index contributed by atoms with van der Waals surface area (Å²) in [6.45, 7) is 6.29. The second-order valence-corrected chi connectivity index (χ2v) is 8.41. The SMILES string of the molecule is CC(C)(C)OC(=O)NCC(=O)N1CCC(NC(=O)c2ccc(Br)cc2)CC1. The Kier molecular flexibility index (Phi) is 7.24. The topological polar surface area (TPSA) is 87.7 Å². The van der Waals surface area contributed by atoms with Gasteiger partial charge in [-0.2, -0.15) is 0 Å². The molecule has 27 heavy (non-hydrogen) atoms. The number of rotatable bonds is 4. The van der Waals surface area contributed by atoms with Crippen molar-refractivity contribution in [3.8, 4) is 0 Å². The van der Waals surface area contributed by atoms with Crippen LogP contribution in [0.4, 0.5) is 4.79 Å². The van der Waals surface area contributed by atoms with Crippen LogP contribution in [0.15, 0.2) is 28.7 Å². The van der Waals surface area contributed by atoms with Crippen molar-refractivity contribution in [1.29, 1.82) is 0 Å². The number of hydrogen-bond donors (Lipinski definition) is 2. The number of hydrogen-bond acceptors (Lipinski definition) is 4. The lowest BCUT2D eigenvalue weighted by molar-refractivity contribution is -0.131. The number of ether oxygens (including phenoxy) is 1. The molecule has 1 aliphatic rings. The van der Waals surface area contributed by atoms with E-state index in [1.54, 1.807) is 37.8 Å². The quantitative estimate of drug-likeness (QED) is 0.754. The fourth-order valence-corrected chi connectivity index (χ4v) is 2.98. The summed E-state index contributed by atoms with van der Waals surface area (Å²) in [6, 6.07) is 7.21. The molecule has 3 amide bonds. The van der Waals surface area contributed by atoms with Crippen molar-refractivity contribution in [2.45, 2.75) is 45.3 Å². The first-order valence-electron chi connectivity index (χ1n) is 8.95. The number of piperidine rings is 1. The van der Waals surface area contributed by atoms with Gasteiger partial charge in [-0.15, -0.1) is 0 Å². The summed E-state index contributed by atoms with van der Waals surface area (Å²) in [5, 5.41) is 5.49. The van der Waals surface area contributed by atoms with Gasteiger partial charge in [0, 0.05) is 29.2 Å². The molecule has 0 radical (unpaired) electrons. The van der Waals surface area contributed by atoms with E-state index in [2.05, 4.69) is 26.6 Å². The van der Waals surface area contributed by atoms with E-state index in [0.717, 1.165) is 4.47 Å². The molecule has 0 bridgehead atoms. The zero-order valence-corrected chi connectivity index (χ0v) is 17.5. The van der Waals surface area contributed by atoms with Crippen molar-refractivity contribution in [3.63, 3.8) is 0 Å². The van der Waals surface area contributed by atoms with Crippen LogP contribution in [0.5, 0.6) is 0 Å². The standard InChI is InChI=1S/C19H26BrN3O4/c1-19(2,3)27-18(26)21-12-16(24)23-10-8-15(9-11-23)22-17(25)13-4-6-14(20)7-5-13/h4-7,15H,8-12H2,1-3H3,(H,21,26)(H,22,25). The molecule has 2 rings (SSSR count). The summed E-state index contributed by atoms with van der Waals surface area (Å²) >= 11 is 3.35. The van der Waals surface area contributed by atoms with Crippen LogP contribution in [0.25, 0.3) is 0 Å². The van der Waals surface area contributed by atoms with E-state index < -0.39 is 11.7 Å². The molecule has 8 heteroatoms. The predicted octanol–water partition coefficient (Wildman–Crippen LogP) is 2.69. The maximum atomic E-state index is 12.3. The van der Waals surface area contributed by atoms with Gasteiger partial charge in [0.2, 0.25) is 5.91 Å². The molecule has 0 unspecified atom stereocenters. The minimum Gasteiger partial charge on any atom is -0.444 e. The number of nitrogens with one attached hydrogen (secondary N) is 2. The van der Waals surface area contributed by atoms with Crippen molar-refractivity contribution in [3.05, 3.63) is 34.3 Å². The molecular formula is C19H26BrN3O4. The van der Waals surface area contributed by atoms with Crippen LogP contribution in [-0.2, 0) is 9.53 Å². The minimum atomic E-state index is -0.604. The lowest BCUT2D eigenvalue weighted by atomic mass is 10.0. The number of amides is 3. The van der Waals surface area contributed by atoms with E-state index >= 15 is 0 Å². The zero-order chi connectivity index (χ0) is 20.0. The van der Waals surface area contributed by atoms with E-state index in [-0.39, 0.29) is 24.4 Å². The molecule has 1 aromatic rings. The molecule has 148 valence electrons. The van der Waals surface area contributed by atoms with Gasteiger partial charge in [0.15, 0.2) is 0 Å². The molecular weight excluding hydrogens is 414 g/mol. The number of carbonyl (C=O) groups excluding carboxylic acids is 3. The average Bonchev–Trinajstić information content (AvgIpc) is 2.59. The number of benzene rings is 1. The Morgan fingerprint density at radius 2 is 1.74 bits per heavy atom. The lowest BCUT2D eigenvalue weighted by Gasteiger charge is -2.32. The number of halogens is 1. The largest absolute Gasteiger partial charge is 0.444 e. The fourth-order valence-electron chi connectivity index (χ4n) is 2.72. The molecule has 0 spiro atoms. The summed E-state index contributed by atoms with van der Waals surface area (Å²) in [5.74, 6) is -0.266. The van der Waals surface area contributed by atoms with Crippen LogP contribution >= 0.6 is 15.9 Å². The van der Waals surface area contributed by atoms with Gasteiger partial charge in [-0.1, -0.05) is 15.9 Å². The Hall–Kier alpha value is -2.09. The zero-order valence-electron chi connectivity index (χ0n) is 15.9. The molecule has 2 N–H and O–H groups in total. The summed E-state index contributed by atoms with van der Waals surface area (Å²) < 4.78 is 6.04. The third kappa shape index (κ3) is 7.21. The van der Waals surface area contributed by atoms with Gasteiger partial charge >= 0.3 is 6.09 Å². The number of likely N-dealkylation sites (tertiary alicyclic amines) is 1. The summed E-state index contributed by atoms with van der Waals surface area (Å²) in [4.78, 5) is 37.8. The first-order valence-corrected chi connectivity index (χ1v) is 9.74. The third-order valence-electron chi connectivity index (χ3n) is 4.07. The molecule has 0 atom stereocenters. The monoisotopic (exact) mass is 439 g/mol. The highest BCUT2D eigenvalue weighted by Crippen LogP contribution is 2.14. The van der Waals surface area contributed by atoms with Crippen LogP contribution in [0.2, 0.25) is 0 Å². The second kappa shape index (κ2) is 9.21. The van der Waals surface area contributed by atoms with E-state index in [1.807, 2.05) is 12.1 Å². The number of alkyl carbamates (subject to hydrolysis) is 1. The van der Waals surface area contributed by atoms with Gasteiger partial charge in [0.1, 0.15) is 12.1 Å². The number of carbonyl (C=O) groups is 3. The van der Waals surface area contributed by atoms with Crippen molar-refractivity contribution in [2.75, 3.05) is 19.6 Å². The van der Waals surface area contributed by atoms with Gasteiger partial charge in [0.05, 0.1) is 0 Å². The molecule has 0 aromatic heterocycles. The van der Waals surface area contributed by atoms with Crippen molar-refractivity contribution < 1.29 is 19.1 Å². The Morgan fingerprint density at radius 3 is 2.30 bits per heavy atom. The van der Waals surface area contributed by atoms with Crippen LogP contribution in [0.1, 0.15) is 44.0 Å². The Labute approximate surface area is 167 Å². The Morgan fingerprint density at radius 1 is 1.15 bits per heavy atom. The molecule has 1 fully saturated rings. The van der Waals surface area contributed by atoms with Crippen LogP contribution < -0.4 is 10.6 Å². The van der Waals surface area contributed by atoms with Crippen LogP contribution in [0.3, 0.4) is 0 Å². The van der Waals surface area contributed by atoms with E-state index in [0.29, 0.717) is 31.5 Å². The lowest BCUT2D eigenvalue weighted by Crippen LogP contribution is -2.49. The van der Waals surface area contributed by atoms with E-state index in [9.17, 15) is 14.4 Å². The van der Waals surface area contributed by atoms with Crippen molar-refractivity contribution in [1.82, 2.24) is 15.5 Å². The average molecular weight is 440 g/mol. The fraction of sp³-hybridized carbons (Fsp3) is 0.526. The van der Waals surface area contributed by atoms with Crippen LogP contribution in [-0.4, -0.2) is 54.1 Å². The van der Waals surface area contributed by atoms with Gasteiger partial charge in [-0.25, -0.2) is 4.79 Å². The normalized spacial score (nSPS) is 15.2. The molecule has 0 aliphatic carbocycles. The van der Waals surface area contributed by atoms with Gasteiger partial charge < -0.3 is 20.3 Å². The molecule has 1 aliphatic heterocycles. The predicted molar refractivity (Wildman–Crippen MR) is 105 cm³/mol. The van der Waals surface area contributed by atoms with Gasteiger partial charge in [0.25, 0.3) is 5.91 Å². The minimum absolute atomic E-state index is 0.0315. The van der Waals surface area contributed by atoms with Crippen molar-refractivity contribution >= 4 is 33.8 Å². The van der Waals surface area contributed by atoms with E-state index in [4.69, 9.17) is 4.74 Å². The smallest absolute Gasteiger partial charge is 0.408 e. The highest BCUT2D eigenvalue weighted by molar-refractivity contribution is 9.10. The van der Waals surface area contributed by atoms with Crippen molar-refractivity contribution in [2.24, 2.45) is 0 Å². The van der Waals surface area contributed by atoms with Gasteiger partial charge in [-0.3, -0.25) is 9.59 Å². The summed E-state index contributed by atoms with van der Waals surface area (Å²) in [7, 11) is 0. The first-order chi connectivity index (χ1) is 12.6. The molecule has 1 saturated heterocycles. The Bertz CT molecular complexity index is 677. The van der Waals surface area contributed by atoms with Crippen LogP contribution in [0, 0.1) is 0 Å². The number of nitrogens with zero attached hydrogens (tertiary/aromatic N) is 1.